The highest BCUT2D eigenvalue weighted by Crippen LogP contribution is 2.21. The summed E-state index contributed by atoms with van der Waals surface area (Å²) in [5, 5.41) is 12.5. The first-order valence-corrected chi connectivity index (χ1v) is 8.93. The van der Waals surface area contributed by atoms with Gasteiger partial charge in [-0.3, -0.25) is 4.79 Å². The fourth-order valence-corrected chi connectivity index (χ4v) is 3.00. The lowest BCUT2D eigenvalue weighted by atomic mass is 10.1. The number of morpholine rings is 1. The number of aliphatic hydroxyl groups excluding tert-OH is 1. The van der Waals surface area contributed by atoms with Crippen LogP contribution in [-0.4, -0.2) is 43.9 Å². The molecule has 6 heteroatoms. The lowest BCUT2D eigenvalue weighted by Crippen LogP contribution is -2.36. The number of carbonyl (C=O) groups excluding carboxylic acids is 1. The number of ether oxygens (including phenoxy) is 1. The van der Waals surface area contributed by atoms with Gasteiger partial charge in [0, 0.05) is 24.9 Å². The maximum atomic E-state index is 13.2. The molecule has 0 aromatic heterocycles. The van der Waals surface area contributed by atoms with E-state index >= 15 is 0 Å². The summed E-state index contributed by atoms with van der Waals surface area (Å²) in [4.78, 5) is 14.4. The summed E-state index contributed by atoms with van der Waals surface area (Å²) in [6, 6.07) is 13.2. The Balaban J connectivity index is 1.66. The highest BCUT2D eigenvalue weighted by Gasteiger charge is 2.16. The van der Waals surface area contributed by atoms with Crippen LogP contribution in [0.4, 0.5) is 10.1 Å². The van der Waals surface area contributed by atoms with Crippen LogP contribution in [0.1, 0.15) is 17.2 Å². The molecule has 1 aliphatic rings. The van der Waals surface area contributed by atoms with E-state index in [1.165, 1.54) is 24.3 Å². The molecule has 0 saturated carbocycles. The zero-order valence-electron chi connectivity index (χ0n) is 15.0. The fraction of sp³-hybridized carbons (Fsp3) is 0.286. The molecular weight excluding hydrogens is 347 g/mol. The third-order valence-corrected chi connectivity index (χ3v) is 4.42. The summed E-state index contributed by atoms with van der Waals surface area (Å²) in [5.41, 5.74) is 2.47. The molecule has 2 aromatic rings. The van der Waals surface area contributed by atoms with Crippen molar-refractivity contribution in [1.82, 2.24) is 5.32 Å². The minimum atomic E-state index is -0.518. The zero-order chi connectivity index (χ0) is 19.1. The van der Waals surface area contributed by atoms with E-state index in [1.54, 1.807) is 12.1 Å². The first-order valence-electron chi connectivity index (χ1n) is 8.93. The van der Waals surface area contributed by atoms with Crippen LogP contribution in [0.5, 0.6) is 0 Å². The Kier molecular flexibility index (Phi) is 6.57. The van der Waals surface area contributed by atoms with Crippen molar-refractivity contribution in [3.8, 4) is 0 Å². The molecule has 1 heterocycles. The highest BCUT2D eigenvalue weighted by molar-refractivity contribution is 5.92. The largest absolute Gasteiger partial charge is 0.394 e. The van der Waals surface area contributed by atoms with E-state index in [0.29, 0.717) is 18.8 Å². The maximum absolute atomic E-state index is 13.2. The lowest BCUT2D eigenvalue weighted by molar-refractivity contribution is -0.117. The molecule has 1 fully saturated rings. The lowest BCUT2D eigenvalue weighted by Gasteiger charge is -2.29. The summed E-state index contributed by atoms with van der Waals surface area (Å²) in [6.45, 7) is 2.79. The molecule has 2 aromatic carbocycles. The van der Waals surface area contributed by atoms with E-state index in [-0.39, 0.29) is 18.3 Å². The second kappa shape index (κ2) is 9.30. The molecule has 0 unspecified atom stereocenters. The molecule has 0 radical (unpaired) electrons. The van der Waals surface area contributed by atoms with Gasteiger partial charge in [-0.05, 0) is 41.5 Å². The van der Waals surface area contributed by atoms with E-state index in [1.807, 2.05) is 24.3 Å². The summed E-state index contributed by atoms with van der Waals surface area (Å²) >= 11 is 0. The number of anilines is 1. The number of rotatable bonds is 6. The van der Waals surface area contributed by atoms with Crippen LogP contribution in [0.25, 0.3) is 6.08 Å². The zero-order valence-corrected chi connectivity index (χ0v) is 15.0. The van der Waals surface area contributed by atoms with Gasteiger partial charge in [-0.2, -0.15) is 0 Å². The average Bonchev–Trinajstić information content (AvgIpc) is 2.71. The van der Waals surface area contributed by atoms with Crippen LogP contribution < -0.4 is 10.2 Å². The van der Waals surface area contributed by atoms with Gasteiger partial charge in [-0.15, -0.1) is 0 Å². The van der Waals surface area contributed by atoms with E-state index < -0.39 is 6.04 Å². The van der Waals surface area contributed by atoms with Gasteiger partial charge >= 0.3 is 0 Å². The van der Waals surface area contributed by atoms with Crippen molar-refractivity contribution >= 4 is 17.7 Å². The number of hydrogen-bond acceptors (Lipinski definition) is 4. The Labute approximate surface area is 158 Å². The number of amides is 1. The Morgan fingerprint density at radius 3 is 2.74 bits per heavy atom. The van der Waals surface area contributed by atoms with Crippen LogP contribution in [0.2, 0.25) is 0 Å². The summed E-state index contributed by atoms with van der Waals surface area (Å²) in [7, 11) is 0. The summed E-state index contributed by atoms with van der Waals surface area (Å²) in [5.74, 6) is -0.708. The third-order valence-electron chi connectivity index (χ3n) is 4.42. The van der Waals surface area contributed by atoms with Crippen LogP contribution in [0.15, 0.2) is 54.6 Å². The minimum absolute atomic E-state index is 0.216. The molecule has 0 aliphatic carbocycles. The van der Waals surface area contributed by atoms with Gasteiger partial charge in [0.05, 0.1) is 25.9 Å². The molecule has 27 heavy (non-hydrogen) atoms. The second-order valence-corrected chi connectivity index (χ2v) is 6.33. The number of benzene rings is 2. The maximum Gasteiger partial charge on any atom is 0.244 e. The first-order chi connectivity index (χ1) is 13.2. The molecule has 2 N–H and O–H groups in total. The predicted molar refractivity (Wildman–Crippen MR) is 103 cm³/mol. The molecular formula is C21H23FN2O3. The van der Waals surface area contributed by atoms with Gasteiger partial charge in [0.15, 0.2) is 0 Å². The van der Waals surface area contributed by atoms with Gasteiger partial charge < -0.3 is 20.1 Å². The van der Waals surface area contributed by atoms with E-state index in [4.69, 9.17) is 4.74 Å². The van der Waals surface area contributed by atoms with Gasteiger partial charge in [-0.25, -0.2) is 4.39 Å². The SMILES string of the molecule is O=C(/C=C/c1cccc(F)c1)N[C@@H](CO)c1cccc(N2CCOCC2)c1. The van der Waals surface area contributed by atoms with Gasteiger partial charge in [0.1, 0.15) is 5.82 Å². The van der Waals surface area contributed by atoms with Crippen LogP contribution in [0, 0.1) is 5.82 Å². The number of nitrogens with zero attached hydrogens (tertiary/aromatic N) is 1. The van der Waals surface area contributed by atoms with E-state index in [9.17, 15) is 14.3 Å². The molecule has 1 aliphatic heterocycles. The van der Waals surface area contributed by atoms with Gasteiger partial charge in [0.25, 0.3) is 0 Å². The normalized spacial score (nSPS) is 15.7. The molecule has 5 nitrogen and oxygen atoms in total. The van der Waals surface area contributed by atoms with Crippen LogP contribution >= 0.6 is 0 Å². The number of aliphatic hydroxyl groups is 1. The van der Waals surface area contributed by atoms with Crippen molar-refractivity contribution in [2.45, 2.75) is 6.04 Å². The minimum Gasteiger partial charge on any atom is -0.394 e. The van der Waals surface area contributed by atoms with Crippen molar-refractivity contribution in [3.05, 3.63) is 71.6 Å². The smallest absolute Gasteiger partial charge is 0.244 e. The number of halogens is 1. The molecule has 0 bridgehead atoms. The molecule has 142 valence electrons. The quantitative estimate of drug-likeness (QED) is 0.767. The monoisotopic (exact) mass is 370 g/mol. The van der Waals surface area contributed by atoms with Crippen molar-refractivity contribution in [3.63, 3.8) is 0 Å². The number of hydrogen-bond donors (Lipinski definition) is 2. The van der Waals surface area contributed by atoms with Crippen molar-refractivity contribution < 1.29 is 19.0 Å². The van der Waals surface area contributed by atoms with Gasteiger partial charge in [0.2, 0.25) is 5.91 Å². The Morgan fingerprint density at radius 1 is 1.22 bits per heavy atom. The number of carbonyl (C=O) groups is 1. The Bertz CT molecular complexity index is 804. The fourth-order valence-electron chi connectivity index (χ4n) is 3.00. The number of nitrogens with one attached hydrogen (secondary N) is 1. The summed E-state index contributed by atoms with van der Waals surface area (Å²) in [6.07, 6.45) is 2.88. The van der Waals surface area contributed by atoms with Gasteiger partial charge in [-0.1, -0.05) is 24.3 Å². The highest BCUT2D eigenvalue weighted by atomic mass is 19.1. The molecule has 1 amide bonds. The third kappa shape index (κ3) is 5.39. The molecule has 1 saturated heterocycles. The second-order valence-electron chi connectivity index (χ2n) is 6.33. The van der Waals surface area contributed by atoms with Crippen molar-refractivity contribution in [2.75, 3.05) is 37.8 Å². The molecule has 3 rings (SSSR count). The standard InChI is InChI=1S/C21H23FN2O3/c22-18-5-1-3-16(13-18)7-8-21(26)23-20(15-25)17-4-2-6-19(14-17)24-9-11-27-12-10-24/h1-8,13-14,20,25H,9-12,15H2,(H,23,26)/b8-7+/t20-/m0/s1. The first kappa shape index (κ1) is 19.1. The van der Waals surface area contributed by atoms with Crippen LogP contribution in [-0.2, 0) is 9.53 Å². The molecule has 0 spiro atoms. The molecule has 1 atom stereocenters. The van der Waals surface area contributed by atoms with E-state index in [2.05, 4.69) is 10.2 Å². The average molecular weight is 370 g/mol. The van der Waals surface area contributed by atoms with Crippen molar-refractivity contribution in [1.29, 1.82) is 0 Å². The van der Waals surface area contributed by atoms with E-state index in [0.717, 1.165) is 24.3 Å². The Hall–Kier alpha value is -2.70. The predicted octanol–water partition coefficient (Wildman–Crippen LogP) is 2.53. The topological polar surface area (TPSA) is 61.8 Å². The van der Waals surface area contributed by atoms with Crippen LogP contribution in [0.3, 0.4) is 0 Å². The van der Waals surface area contributed by atoms with Crippen molar-refractivity contribution in [2.24, 2.45) is 0 Å². The summed E-state index contributed by atoms with van der Waals surface area (Å²) < 4.78 is 18.6. The Morgan fingerprint density at radius 2 is 2.00 bits per heavy atom.